The Kier molecular flexibility index (Phi) is 3.85. The number of rotatable bonds is 4. The van der Waals surface area contributed by atoms with Gasteiger partial charge in [0, 0.05) is 17.7 Å². The zero-order chi connectivity index (χ0) is 13.0. The van der Waals surface area contributed by atoms with Crippen LogP contribution >= 0.6 is 0 Å². The van der Waals surface area contributed by atoms with Crippen LogP contribution in [0, 0.1) is 5.82 Å². The van der Waals surface area contributed by atoms with Crippen LogP contribution in [0.3, 0.4) is 0 Å². The summed E-state index contributed by atoms with van der Waals surface area (Å²) in [6.07, 6.45) is 0. The summed E-state index contributed by atoms with van der Waals surface area (Å²) in [6, 6.07) is 13.0. The van der Waals surface area contributed by atoms with E-state index in [0.717, 1.165) is 12.1 Å². The number of carbonyl (C=O) groups is 1. The summed E-state index contributed by atoms with van der Waals surface area (Å²) in [6.45, 7) is 0.758. The van der Waals surface area contributed by atoms with Crippen LogP contribution in [0.2, 0.25) is 0 Å². The van der Waals surface area contributed by atoms with E-state index in [9.17, 15) is 9.18 Å². The minimum Gasteiger partial charge on any atom is -0.316 e. The lowest BCUT2D eigenvalue weighted by Crippen LogP contribution is -2.06. The lowest BCUT2D eigenvalue weighted by molar-refractivity contribution is 0.103. The second-order valence-electron chi connectivity index (χ2n) is 4.07. The Labute approximate surface area is 105 Å². The minimum absolute atomic E-state index is 0.162. The molecule has 92 valence electrons. The minimum atomic E-state index is -0.396. The summed E-state index contributed by atoms with van der Waals surface area (Å²) in [4.78, 5) is 12.1. The predicted molar refractivity (Wildman–Crippen MR) is 69.0 cm³/mol. The SMILES string of the molecule is CNCc1ccc(C(=O)c2cccc(F)c2)cc1. The first kappa shape index (κ1) is 12.5. The van der Waals surface area contributed by atoms with Gasteiger partial charge in [0.2, 0.25) is 0 Å². The van der Waals surface area contributed by atoms with Crippen LogP contribution in [0.4, 0.5) is 4.39 Å². The van der Waals surface area contributed by atoms with Crippen LogP contribution < -0.4 is 5.32 Å². The maximum Gasteiger partial charge on any atom is 0.193 e. The summed E-state index contributed by atoms with van der Waals surface area (Å²) < 4.78 is 13.0. The average Bonchev–Trinajstić information content (AvgIpc) is 2.39. The third kappa shape index (κ3) is 2.81. The molecule has 0 amide bonds. The van der Waals surface area contributed by atoms with Gasteiger partial charge in [0.1, 0.15) is 5.82 Å². The molecule has 0 fully saturated rings. The van der Waals surface area contributed by atoms with Gasteiger partial charge in [-0.2, -0.15) is 0 Å². The van der Waals surface area contributed by atoms with Gasteiger partial charge in [-0.3, -0.25) is 4.79 Å². The fourth-order valence-electron chi connectivity index (χ4n) is 1.77. The third-order valence-electron chi connectivity index (χ3n) is 2.68. The molecule has 0 heterocycles. The number of hydrogen-bond acceptors (Lipinski definition) is 2. The number of benzene rings is 2. The Morgan fingerprint density at radius 3 is 2.44 bits per heavy atom. The van der Waals surface area contributed by atoms with E-state index in [4.69, 9.17) is 0 Å². The monoisotopic (exact) mass is 243 g/mol. The molecule has 0 saturated heterocycles. The second-order valence-corrected chi connectivity index (χ2v) is 4.07. The maximum absolute atomic E-state index is 13.0. The standard InChI is InChI=1S/C15H14FNO/c1-17-10-11-5-7-12(8-6-11)15(18)13-3-2-4-14(16)9-13/h2-9,17H,10H2,1H3. The van der Waals surface area contributed by atoms with E-state index in [1.54, 1.807) is 18.2 Å². The van der Waals surface area contributed by atoms with Crippen LogP contribution in [-0.4, -0.2) is 12.8 Å². The highest BCUT2D eigenvalue weighted by Crippen LogP contribution is 2.12. The number of ketones is 1. The van der Waals surface area contributed by atoms with Gasteiger partial charge in [0.15, 0.2) is 5.78 Å². The van der Waals surface area contributed by atoms with E-state index in [1.165, 1.54) is 18.2 Å². The molecule has 0 spiro atoms. The summed E-state index contributed by atoms with van der Waals surface area (Å²) in [5, 5.41) is 3.04. The fourth-order valence-corrected chi connectivity index (χ4v) is 1.77. The smallest absolute Gasteiger partial charge is 0.193 e. The lowest BCUT2D eigenvalue weighted by Gasteiger charge is -2.03. The molecule has 2 rings (SSSR count). The summed E-state index contributed by atoms with van der Waals surface area (Å²) in [5.41, 5.74) is 2.05. The molecular weight excluding hydrogens is 229 g/mol. The van der Waals surface area contributed by atoms with Gasteiger partial charge in [-0.05, 0) is 24.7 Å². The Hall–Kier alpha value is -2.00. The van der Waals surface area contributed by atoms with Gasteiger partial charge in [-0.25, -0.2) is 4.39 Å². The highest BCUT2D eigenvalue weighted by Gasteiger charge is 2.09. The van der Waals surface area contributed by atoms with Crippen molar-refractivity contribution in [3.05, 3.63) is 71.0 Å². The second kappa shape index (κ2) is 5.56. The molecule has 2 aromatic carbocycles. The molecule has 0 aliphatic heterocycles. The van der Waals surface area contributed by atoms with Crippen molar-refractivity contribution in [1.29, 1.82) is 0 Å². The van der Waals surface area contributed by atoms with E-state index in [0.29, 0.717) is 11.1 Å². The van der Waals surface area contributed by atoms with Crippen molar-refractivity contribution in [2.75, 3.05) is 7.05 Å². The van der Waals surface area contributed by atoms with Gasteiger partial charge in [0.05, 0.1) is 0 Å². The van der Waals surface area contributed by atoms with Crippen molar-refractivity contribution in [2.45, 2.75) is 6.54 Å². The first-order chi connectivity index (χ1) is 8.70. The van der Waals surface area contributed by atoms with Crippen LogP contribution in [0.5, 0.6) is 0 Å². The first-order valence-electron chi connectivity index (χ1n) is 5.74. The van der Waals surface area contributed by atoms with Gasteiger partial charge in [-0.1, -0.05) is 36.4 Å². The van der Waals surface area contributed by atoms with Gasteiger partial charge >= 0.3 is 0 Å². The first-order valence-corrected chi connectivity index (χ1v) is 5.74. The number of hydrogen-bond donors (Lipinski definition) is 1. The summed E-state index contributed by atoms with van der Waals surface area (Å²) in [7, 11) is 1.87. The molecular formula is C15H14FNO. The molecule has 0 aliphatic carbocycles. The molecule has 18 heavy (non-hydrogen) atoms. The van der Waals surface area contributed by atoms with Crippen LogP contribution in [0.25, 0.3) is 0 Å². The van der Waals surface area contributed by atoms with E-state index in [-0.39, 0.29) is 5.78 Å². The largest absolute Gasteiger partial charge is 0.316 e. The molecule has 0 bridgehead atoms. The van der Waals surface area contributed by atoms with Crippen molar-refractivity contribution in [2.24, 2.45) is 0 Å². The Balaban J connectivity index is 2.23. The molecule has 0 atom stereocenters. The highest BCUT2D eigenvalue weighted by atomic mass is 19.1. The molecule has 3 heteroatoms. The highest BCUT2D eigenvalue weighted by molar-refractivity contribution is 6.08. The van der Waals surface area contributed by atoms with E-state index < -0.39 is 5.82 Å². The summed E-state index contributed by atoms with van der Waals surface area (Å²) >= 11 is 0. The molecule has 2 aromatic rings. The zero-order valence-corrected chi connectivity index (χ0v) is 10.1. The van der Waals surface area contributed by atoms with Crippen molar-refractivity contribution in [1.82, 2.24) is 5.32 Å². The lowest BCUT2D eigenvalue weighted by atomic mass is 10.0. The molecule has 0 aliphatic rings. The normalized spacial score (nSPS) is 10.3. The van der Waals surface area contributed by atoms with Gasteiger partial charge in [-0.15, -0.1) is 0 Å². The molecule has 0 aromatic heterocycles. The summed E-state index contributed by atoms with van der Waals surface area (Å²) in [5.74, 6) is -0.557. The van der Waals surface area contributed by atoms with E-state index >= 15 is 0 Å². The van der Waals surface area contributed by atoms with Crippen molar-refractivity contribution >= 4 is 5.78 Å². The molecule has 0 saturated carbocycles. The molecule has 2 nitrogen and oxygen atoms in total. The van der Waals surface area contributed by atoms with Crippen molar-refractivity contribution < 1.29 is 9.18 Å². The van der Waals surface area contributed by atoms with Crippen LogP contribution in [0.15, 0.2) is 48.5 Å². The van der Waals surface area contributed by atoms with Crippen molar-refractivity contribution in [3.63, 3.8) is 0 Å². The third-order valence-corrected chi connectivity index (χ3v) is 2.68. The van der Waals surface area contributed by atoms with E-state index in [1.807, 2.05) is 19.2 Å². The Bertz CT molecular complexity index is 549. The zero-order valence-electron chi connectivity index (χ0n) is 10.1. The molecule has 0 radical (unpaired) electrons. The van der Waals surface area contributed by atoms with Crippen LogP contribution in [0.1, 0.15) is 21.5 Å². The van der Waals surface area contributed by atoms with Gasteiger partial charge < -0.3 is 5.32 Å². The Morgan fingerprint density at radius 1 is 1.11 bits per heavy atom. The van der Waals surface area contributed by atoms with E-state index in [2.05, 4.69) is 5.32 Å². The predicted octanol–water partition coefficient (Wildman–Crippen LogP) is 2.78. The van der Waals surface area contributed by atoms with Crippen LogP contribution in [-0.2, 0) is 6.54 Å². The fraction of sp³-hybridized carbons (Fsp3) is 0.133. The average molecular weight is 243 g/mol. The van der Waals surface area contributed by atoms with Crippen molar-refractivity contribution in [3.8, 4) is 0 Å². The number of carbonyl (C=O) groups excluding carboxylic acids is 1. The quantitative estimate of drug-likeness (QED) is 0.837. The molecule has 1 N–H and O–H groups in total. The number of halogens is 1. The Morgan fingerprint density at radius 2 is 1.83 bits per heavy atom. The number of nitrogens with one attached hydrogen (secondary N) is 1. The molecule has 0 unspecified atom stereocenters. The maximum atomic E-state index is 13.0. The topological polar surface area (TPSA) is 29.1 Å². The van der Waals surface area contributed by atoms with Gasteiger partial charge in [0.25, 0.3) is 0 Å².